The lowest BCUT2D eigenvalue weighted by molar-refractivity contribution is 0.280. The molecule has 0 aliphatic heterocycles. The van der Waals surface area contributed by atoms with Crippen molar-refractivity contribution in [2.24, 2.45) is 0 Å². The number of hydrogen-bond acceptors (Lipinski definition) is 6. The number of ether oxygens (including phenoxy) is 2. The number of nitrogens with one attached hydrogen (secondary N) is 2. The molecule has 0 atom stereocenters. The quantitative estimate of drug-likeness (QED) is 0.186. The molecule has 0 fully saturated rings. The van der Waals surface area contributed by atoms with E-state index in [0.29, 0.717) is 52.9 Å². The molecule has 4 aromatic carbocycles. The fraction of sp³-hybridized carbons (Fsp3) is 0.0882. The van der Waals surface area contributed by atoms with E-state index in [9.17, 15) is 0 Å². The maximum absolute atomic E-state index is 15.4. The highest BCUT2D eigenvalue weighted by Gasteiger charge is 2.17. The zero-order chi connectivity index (χ0) is 29.2. The monoisotopic (exact) mass is 570 g/mol. The van der Waals surface area contributed by atoms with Crippen molar-refractivity contribution >= 4 is 33.3 Å². The van der Waals surface area contributed by atoms with E-state index in [1.807, 2.05) is 95.8 Å². The number of hydrogen-bond donors (Lipinski definition) is 2. The van der Waals surface area contributed by atoms with Crippen molar-refractivity contribution in [1.29, 1.82) is 0 Å². The summed E-state index contributed by atoms with van der Waals surface area (Å²) in [6.45, 7) is 1.13. The van der Waals surface area contributed by atoms with Crippen molar-refractivity contribution in [1.82, 2.24) is 24.7 Å². The summed E-state index contributed by atoms with van der Waals surface area (Å²) in [7, 11) is 1.60. The molecular formula is C34H27FN6O2. The average Bonchev–Trinajstić information content (AvgIpc) is 3.73. The van der Waals surface area contributed by atoms with Crippen molar-refractivity contribution in [2.45, 2.75) is 6.54 Å². The van der Waals surface area contributed by atoms with Crippen molar-refractivity contribution in [3.63, 3.8) is 0 Å². The van der Waals surface area contributed by atoms with Gasteiger partial charge in [0.2, 0.25) is 0 Å². The van der Waals surface area contributed by atoms with Crippen molar-refractivity contribution in [3.8, 4) is 34.0 Å². The van der Waals surface area contributed by atoms with E-state index >= 15 is 4.39 Å². The van der Waals surface area contributed by atoms with Crippen LogP contribution in [0.3, 0.4) is 0 Å². The van der Waals surface area contributed by atoms with E-state index < -0.39 is 0 Å². The lowest BCUT2D eigenvalue weighted by Crippen LogP contribution is -2.07. The third-order valence-electron chi connectivity index (χ3n) is 7.27. The number of methoxy groups -OCH3 is 1. The molecule has 0 amide bonds. The van der Waals surface area contributed by atoms with E-state index in [1.54, 1.807) is 19.4 Å². The van der Waals surface area contributed by atoms with Crippen LogP contribution in [0.5, 0.6) is 11.5 Å². The Morgan fingerprint density at radius 3 is 2.53 bits per heavy atom. The lowest BCUT2D eigenvalue weighted by atomic mass is 10.0. The second kappa shape index (κ2) is 11.3. The van der Waals surface area contributed by atoms with Gasteiger partial charge in [0.25, 0.3) is 0 Å². The zero-order valence-corrected chi connectivity index (χ0v) is 23.3. The van der Waals surface area contributed by atoms with Gasteiger partial charge in [-0.2, -0.15) is 5.10 Å². The topological polar surface area (TPSA) is 89.9 Å². The highest BCUT2D eigenvalue weighted by molar-refractivity contribution is 5.95. The van der Waals surface area contributed by atoms with E-state index in [1.165, 1.54) is 6.07 Å². The Bertz CT molecular complexity index is 2040. The Morgan fingerprint density at radius 1 is 0.860 bits per heavy atom. The number of benzene rings is 4. The molecule has 7 aromatic rings. The largest absolute Gasteiger partial charge is 0.493 e. The van der Waals surface area contributed by atoms with Gasteiger partial charge < -0.3 is 19.4 Å². The number of nitrogens with zero attached hydrogens (tertiary/aromatic N) is 4. The Labute approximate surface area is 246 Å². The first-order chi connectivity index (χ1) is 21.1. The van der Waals surface area contributed by atoms with Crippen LogP contribution >= 0.6 is 0 Å². The van der Waals surface area contributed by atoms with Gasteiger partial charge in [0.1, 0.15) is 18.2 Å². The van der Waals surface area contributed by atoms with Crippen LogP contribution in [0.2, 0.25) is 0 Å². The fourth-order valence-electron chi connectivity index (χ4n) is 5.08. The maximum atomic E-state index is 15.4. The van der Waals surface area contributed by atoms with Crippen LogP contribution in [0.1, 0.15) is 0 Å². The Kier molecular flexibility index (Phi) is 6.88. The summed E-state index contributed by atoms with van der Waals surface area (Å²) in [5.41, 5.74) is 4.24. The molecule has 212 valence electrons. The summed E-state index contributed by atoms with van der Waals surface area (Å²) in [6, 6.07) is 28.1. The molecule has 2 N–H and O–H groups in total. The van der Waals surface area contributed by atoms with Crippen LogP contribution in [-0.2, 0) is 6.54 Å². The summed E-state index contributed by atoms with van der Waals surface area (Å²) in [5, 5.41) is 12.2. The third-order valence-corrected chi connectivity index (χ3v) is 7.27. The molecule has 43 heavy (non-hydrogen) atoms. The molecule has 0 aliphatic carbocycles. The van der Waals surface area contributed by atoms with E-state index in [0.717, 1.165) is 27.5 Å². The molecule has 9 heteroatoms. The number of fused-ring (bicyclic) bond motifs is 2. The summed E-state index contributed by atoms with van der Waals surface area (Å²) in [5.74, 6) is 1.69. The van der Waals surface area contributed by atoms with Gasteiger partial charge in [-0.25, -0.2) is 14.4 Å². The first-order valence-electron chi connectivity index (χ1n) is 13.8. The molecule has 8 nitrogen and oxygen atoms in total. The SMILES string of the molecule is COc1cc2nc(-c3ccc(-c4ccccc4)c(F)c3)nc(Nc3ccc4[nH]ncc4c3)c2cc1OCCn1cccc1. The summed E-state index contributed by atoms with van der Waals surface area (Å²) in [4.78, 5) is 9.71. The van der Waals surface area contributed by atoms with Crippen molar-refractivity contribution < 1.29 is 13.9 Å². The van der Waals surface area contributed by atoms with Crippen LogP contribution in [0, 0.1) is 5.82 Å². The second-order valence-corrected chi connectivity index (χ2v) is 10.0. The number of anilines is 2. The van der Waals surface area contributed by atoms with Gasteiger partial charge in [-0.3, -0.25) is 5.10 Å². The van der Waals surface area contributed by atoms with Crippen LogP contribution in [0.25, 0.3) is 44.3 Å². The minimum absolute atomic E-state index is 0.351. The summed E-state index contributed by atoms with van der Waals surface area (Å²) < 4.78 is 29.3. The minimum Gasteiger partial charge on any atom is -0.493 e. The van der Waals surface area contributed by atoms with Gasteiger partial charge in [-0.15, -0.1) is 0 Å². The predicted octanol–water partition coefficient (Wildman–Crippen LogP) is 7.61. The first kappa shape index (κ1) is 26.2. The molecule has 7 rings (SSSR count). The fourth-order valence-corrected chi connectivity index (χ4v) is 5.08. The Hall–Kier alpha value is -5.70. The number of rotatable bonds is 9. The Balaban J connectivity index is 1.31. The molecule has 0 bridgehead atoms. The van der Waals surface area contributed by atoms with Gasteiger partial charge in [-0.05, 0) is 48.0 Å². The third kappa shape index (κ3) is 5.36. The van der Waals surface area contributed by atoms with Crippen LogP contribution in [-0.4, -0.2) is 38.4 Å². The molecule has 0 unspecified atom stereocenters. The van der Waals surface area contributed by atoms with Gasteiger partial charge in [0.05, 0.1) is 30.9 Å². The highest BCUT2D eigenvalue weighted by atomic mass is 19.1. The number of aromatic amines is 1. The molecule has 0 aliphatic rings. The van der Waals surface area contributed by atoms with Gasteiger partial charge in [0, 0.05) is 46.0 Å². The number of H-pyrrole nitrogens is 1. The number of halogens is 1. The van der Waals surface area contributed by atoms with Gasteiger partial charge in [0.15, 0.2) is 17.3 Å². The summed E-state index contributed by atoms with van der Waals surface area (Å²) in [6.07, 6.45) is 5.75. The normalized spacial score (nSPS) is 11.2. The lowest BCUT2D eigenvalue weighted by Gasteiger charge is -2.16. The average molecular weight is 571 g/mol. The molecule has 3 heterocycles. The van der Waals surface area contributed by atoms with Crippen LogP contribution in [0.15, 0.2) is 110 Å². The van der Waals surface area contributed by atoms with E-state index in [2.05, 4.69) is 15.5 Å². The van der Waals surface area contributed by atoms with Crippen molar-refractivity contribution in [2.75, 3.05) is 19.0 Å². The molecule has 0 radical (unpaired) electrons. The van der Waals surface area contributed by atoms with E-state index in [-0.39, 0.29) is 5.82 Å². The maximum Gasteiger partial charge on any atom is 0.162 e. The smallest absolute Gasteiger partial charge is 0.162 e. The first-order valence-corrected chi connectivity index (χ1v) is 13.8. The van der Waals surface area contributed by atoms with E-state index in [4.69, 9.17) is 19.4 Å². The molecule has 0 saturated heterocycles. The van der Waals surface area contributed by atoms with Crippen LogP contribution in [0.4, 0.5) is 15.9 Å². The zero-order valence-electron chi connectivity index (χ0n) is 23.3. The molecule has 0 spiro atoms. The Morgan fingerprint density at radius 2 is 1.72 bits per heavy atom. The molecular weight excluding hydrogens is 543 g/mol. The van der Waals surface area contributed by atoms with Crippen molar-refractivity contribution in [3.05, 3.63) is 115 Å². The standard InChI is InChI=1S/C34H27FN6O2/c1-42-31-20-30-27(19-32(31)43-16-15-41-13-5-6-14-41)34(37-25-10-12-29-24(17-25)21-36-40-29)39-33(38-30)23-9-11-26(28(35)18-23)22-7-3-2-4-8-22/h2-14,17-21H,15-16H2,1H3,(H,36,40)(H,37,38,39). The number of aromatic nitrogens is 5. The predicted molar refractivity (Wildman–Crippen MR) is 166 cm³/mol. The summed E-state index contributed by atoms with van der Waals surface area (Å²) >= 11 is 0. The van der Waals surface area contributed by atoms with Gasteiger partial charge in [-0.1, -0.05) is 42.5 Å². The second-order valence-electron chi connectivity index (χ2n) is 10.0. The van der Waals surface area contributed by atoms with Crippen LogP contribution < -0.4 is 14.8 Å². The molecule has 0 saturated carbocycles. The van der Waals surface area contributed by atoms with Gasteiger partial charge >= 0.3 is 0 Å². The molecule has 3 aromatic heterocycles. The highest BCUT2D eigenvalue weighted by Crippen LogP contribution is 2.37. The minimum atomic E-state index is -0.351.